The maximum atomic E-state index is 13.5. The Labute approximate surface area is 162 Å². The third kappa shape index (κ3) is 6.15. The van der Waals surface area contributed by atoms with Crippen LogP contribution in [0.15, 0.2) is 12.3 Å². The molecule has 0 saturated carbocycles. The van der Waals surface area contributed by atoms with Crippen molar-refractivity contribution in [3.8, 4) is 5.75 Å². The van der Waals surface area contributed by atoms with Crippen LogP contribution in [0.3, 0.4) is 0 Å². The van der Waals surface area contributed by atoms with Crippen molar-refractivity contribution in [1.82, 2.24) is 9.88 Å². The Morgan fingerprint density at radius 2 is 1.86 bits per heavy atom. The summed E-state index contributed by atoms with van der Waals surface area (Å²) < 4.78 is 51.1. The van der Waals surface area contributed by atoms with Crippen LogP contribution in [0.5, 0.6) is 5.75 Å². The Kier molecular flexibility index (Phi) is 6.97. The fraction of sp³-hybridized carbons (Fsp3) is 0.667. The van der Waals surface area contributed by atoms with Crippen molar-refractivity contribution >= 4 is 11.9 Å². The van der Waals surface area contributed by atoms with E-state index in [0.717, 1.165) is 6.07 Å². The van der Waals surface area contributed by atoms with Gasteiger partial charge in [-0.2, -0.15) is 13.2 Å². The molecular weight excluding hydrogens is 379 g/mol. The lowest BCUT2D eigenvalue weighted by Gasteiger charge is -2.37. The van der Waals surface area contributed by atoms with Crippen molar-refractivity contribution in [3.05, 3.63) is 17.8 Å². The lowest BCUT2D eigenvalue weighted by molar-refractivity contribution is -0.137. The van der Waals surface area contributed by atoms with Crippen LogP contribution in [-0.4, -0.2) is 66.1 Å². The highest BCUT2D eigenvalue weighted by molar-refractivity contribution is 5.68. The molecule has 0 atom stereocenters. The van der Waals surface area contributed by atoms with E-state index >= 15 is 0 Å². The Hall–Kier alpha value is -2.23. The van der Waals surface area contributed by atoms with Crippen molar-refractivity contribution in [2.24, 2.45) is 0 Å². The molecule has 1 saturated heterocycles. The second-order valence-electron chi connectivity index (χ2n) is 7.42. The summed E-state index contributed by atoms with van der Waals surface area (Å²) in [6.45, 7) is 6.15. The SMILES string of the molecule is CC(C)(C)OC(=O)N1CCN(c2ncc(OCCCO)cc2C(F)(F)F)CC1. The average Bonchev–Trinajstić information content (AvgIpc) is 2.60. The zero-order valence-electron chi connectivity index (χ0n) is 16.3. The molecule has 28 heavy (non-hydrogen) atoms. The minimum Gasteiger partial charge on any atom is -0.492 e. The second kappa shape index (κ2) is 8.85. The van der Waals surface area contributed by atoms with Gasteiger partial charge in [0.05, 0.1) is 12.8 Å². The van der Waals surface area contributed by atoms with Crippen LogP contribution >= 0.6 is 0 Å². The maximum absolute atomic E-state index is 13.5. The summed E-state index contributed by atoms with van der Waals surface area (Å²) in [6.07, 6.45) is -3.53. The van der Waals surface area contributed by atoms with E-state index in [2.05, 4.69) is 4.98 Å². The second-order valence-corrected chi connectivity index (χ2v) is 7.42. The van der Waals surface area contributed by atoms with Gasteiger partial charge in [-0.05, 0) is 26.8 Å². The molecule has 0 spiro atoms. The lowest BCUT2D eigenvalue weighted by atomic mass is 10.2. The van der Waals surface area contributed by atoms with Gasteiger partial charge in [-0.3, -0.25) is 0 Å². The number of carbonyl (C=O) groups is 1. The largest absolute Gasteiger partial charge is 0.492 e. The Bertz CT molecular complexity index is 669. The van der Waals surface area contributed by atoms with Crippen molar-refractivity contribution in [3.63, 3.8) is 0 Å². The van der Waals surface area contributed by atoms with Crippen molar-refractivity contribution in [2.45, 2.75) is 39.0 Å². The molecule has 158 valence electrons. The van der Waals surface area contributed by atoms with Gasteiger partial charge in [0.1, 0.15) is 22.7 Å². The first-order chi connectivity index (χ1) is 13.0. The molecule has 1 aromatic rings. The minimum atomic E-state index is -4.60. The first-order valence-electron chi connectivity index (χ1n) is 9.05. The van der Waals surface area contributed by atoms with Gasteiger partial charge in [-0.1, -0.05) is 0 Å². The number of aliphatic hydroxyl groups excluding tert-OH is 1. The van der Waals surface area contributed by atoms with E-state index in [1.165, 1.54) is 16.0 Å². The van der Waals surface area contributed by atoms with Gasteiger partial charge in [-0.15, -0.1) is 0 Å². The molecule has 0 aliphatic carbocycles. The molecule has 0 radical (unpaired) electrons. The van der Waals surface area contributed by atoms with Gasteiger partial charge in [0, 0.05) is 39.2 Å². The molecule has 0 aromatic carbocycles. The zero-order chi connectivity index (χ0) is 20.9. The Balaban J connectivity index is 2.10. The molecule has 1 aliphatic rings. The first kappa shape index (κ1) is 22.1. The number of hydrogen-bond donors (Lipinski definition) is 1. The molecule has 10 heteroatoms. The molecule has 1 fully saturated rings. The highest BCUT2D eigenvalue weighted by Crippen LogP contribution is 2.37. The third-order valence-corrected chi connectivity index (χ3v) is 3.95. The number of carbonyl (C=O) groups excluding carboxylic acids is 1. The summed E-state index contributed by atoms with van der Waals surface area (Å²) in [4.78, 5) is 19.0. The molecule has 1 aliphatic heterocycles. The van der Waals surface area contributed by atoms with Gasteiger partial charge in [-0.25, -0.2) is 9.78 Å². The van der Waals surface area contributed by atoms with Crippen LogP contribution in [0.2, 0.25) is 0 Å². The third-order valence-electron chi connectivity index (χ3n) is 3.95. The van der Waals surface area contributed by atoms with Crippen LogP contribution in [0.4, 0.5) is 23.8 Å². The van der Waals surface area contributed by atoms with E-state index in [0.29, 0.717) is 6.42 Å². The number of anilines is 1. The molecule has 2 heterocycles. The molecular formula is C18H26F3N3O4. The Morgan fingerprint density at radius 1 is 1.21 bits per heavy atom. The topological polar surface area (TPSA) is 75.1 Å². The smallest absolute Gasteiger partial charge is 0.420 e. The normalized spacial score (nSPS) is 15.5. The first-order valence-corrected chi connectivity index (χ1v) is 9.05. The molecule has 2 rings (SSSR count). The van der Waals surface area contributed by atoms with E-state index in [1.807, 2.05) is 0 Å². The van der Waals surface area contributed by atoms with Gasteiger partial charge in [0.2, 0.25) is 0 Å². The molecule has 1 N–H and O–H groups in total. The van der Waals surface area contributed by atoms with E-state index < -0.39 is 23.4 Å². The number of piperazine rings is 1. The highest BCUT2D eigenvalue weighted by Gasteiger charge is 2.37. The minimum absolute atomic E-state index is 0.00286. The summed E-state index contributed by atoms with van der Waals surface area (Å²) >= 11 is 0. The molecule has 1 amide bonds. The number of hydrogen-bond acceptors (Lipinski definition) is 6. The van der Waals surface area contributed by atoms with Gasteiger partial charge in [0.15, 0.2) is 0 Å². The van der Waals surface area contributed by atoms with Crippen LogP contribution < -0.4 is 9.64 Å². The van der Waals surface area contributed by atoms with Crippen LogP contribution in [0.1, 0.15) is 32.8 Å². The number of rotatable bonds is 5. The number of alkyl halides is 3. The molecule has 0 unspecified atom stereocenters. The van der Waals surface area contributed by atoms with E-state index in [1.54, 1.807) is 20.8 Å². The predicted octanol–water partition coefficient (Wildman–Crippen LogP) is 2.92. The molecule has 7 nitrogen and oxygen atoms in total. The standard InChI is InChI=1S/C18H26F3N3O4/c1-17(2,3)28-16(26)24-7-5-23(6-8-24)15-14(18(19,20)21)11-13(12-22-15)27-10-4-9-25/h11-12,25H,4-10H2,1-3H3. The summed E-state index contributed by atoms with van der Waals surface area (Å²) in [5.74, 6) is -0.192. The number of ether oxygens (including phenoxy) is 2. The van der Waals surface area contributed by atoms with Crippen molar-refractivity contribution in [1.29, 1.82) is 0 Å². The molecule has 0 bridgehead atoms. The Morgan fingerprint density at radius 3 is 2.39 bits per heavy atom. The van der Waals surface area contributed by atoms with Gasteiger partial charge < -0.3 is 24.4 Å². The van der Waals surface area contributed by atoms with E-state index in [-0.39, 0.29) is 51.0 Å². The fourth-order valence-corrected chi connectivity index (χ4v) is 2.66. The lowest BCUT2D eigenvalue weighted by Crippen LogP contribution is -2.50. The van der Waals surface area contributed by atoms with Gasteiger partial charge in [0.25, 0.3) is 0 Å². The quantitative estimate of drug-likeness (QED) is 0.760. The zero-order valence-corrected chi connectivity index (χ0v) is 16.3. The maximum Gasteiger partial charge on any atom is 0.420 e. The van der Waals surface area contributed by atoms with Crippen LogP contribution in [0.25, 0.3) is 0 Å². The summed E-state index contributed by atoms with van der Waals surface area (Å²) in [5.41, 5.74) is -1.52. The summed E-state index contributed by atoms with van der Waals surface area (Å²) in [5, 5.41) is 8.75. The predicted molar refractivity (Wildman–Crippen MR) is 96.5 cm³/mol. The number of nitrogens with zero attached hydrogens (tertiary/aromatic N) is 3. The van der Waals surface area contributed by atoms with Crippen molar-refractivity contribution in [2.75, 3.05) is 44.3 Å². The average molecular weight is 405 g/mol. The van der Waals surface area contributed by atoms with Crippen LogP contribution in [0, 0.1) is 0 Å². The summed E-state index contributed by atoms with van der Waals surface area (Å²) in [7, 11) is 0. The van der Waals surface area contributed by atoms with Gasteiger partial charge >= 0.3 is 12.3 Å². The number of pyridine rings is 1. The summed E-state index contributed by atoms with van der Waals surface area (Å²) in [6, 6.07) is 0.917. The number of aliphatic hydroxyl groups is 1. The van der Waals surface area contributed by atoms with Crippen molar-refractivity contribution < 1.29 is 32.5 Å². The molecule has 1 aromatic heterocycles. The fourth-order valence-electron chi connectivity index (χ4n) is 2.66. The number of halogens is 3. The number of aromatic nitrogens is 1. The monoisotopic (exact) mass is 405 g/mol. The van der Waals surface area contributed by atoms with E-state index in [4.69, 9.17) is 14.6 Å². The van der Waals surface area contributed by atoms with E-state index in [9.17, 15) is 18.0 Å². The number of amides is 1. The highest BCUT2D eigenvalue weighted by atomic mass is 19.4. The van der Waals surface area contributed by atoms with Crippen LogP contribution in [-0.2, 0) is 10.9 Å².